The molecule has 10 N–H and O–H groups in total. The highest BCUT2D eigenvalue weighted by Gasteiger charge is 1.93. The van der Waals surface area contributed by atoms with Crippen LogP contribution in [0.15, 0.2) is 50.6 Å². The van der Waals surface area contributed by atoms with Crippen molar-refractivity contribution in [3.05, 3.63) is 50.6 Å². The molecule has 0 aliphatic carbocycles. The van der Waals surface area contributed by atoms with E-state index in [0.717, 1.165) is 24.3 Å². The number of aliphatic hydroxyl groups excluding tert-OH is 6. The smallest absolute Gasteiger partial charge is 0.245 e. The average Bonchev–Trinajstić information content (AvgIpc) is 2.89. The van der Waals surface area contributed by atoms with Gasteiger partial charge >= 0.3 is 0 Å². The van der Waals surface area contributed by atoms with Gasteiger partial charge in [-0.05, 0) is 24.3 Å². The molecule has 0 aliphatic heterocycles. The van der Waals surface area contributed by atoms with E-state index in [1.165, 1.54) is 0 Å². The monoisotopic (exact) mass is 510 g/mol. The third-order valence-electron chi connectivity index (χ3n) is 2.15. The first kappa shape index (κ1) is 41.8. The van der Waals surface area contributed by atoms with Crippen LogP contribution >= 0.6 is 0 Å². The van der Waals surface area contributed by atoms with Crippen LogP contribution in [0.5, 0.6) is 0 Å². The van der Waals surface area contributed by atoms with Crippen molar-refractivity contribution < 1.29 is 54.6 Å². The second kappa shape index (κ2) is 40.9. The lowest BCUT2D eigenvalue weighted by molar-refractivity contribution is -0.120. The average molecular weight is 511 g/mol. The molecule has 4 amide bonds. The lowest BCUT2D eigenvalue weighted by Crippen LogP contribution is -2.29. The zero-order valence-corrected chi connectivity index (χ0v) is 19.5. The Morgan fingerprint density at radius 3 is 0.886 bits per heavy atom. The summed E-state index contributed by atoms with van der Waals surface area (Å²) >= 11 is 0. The van der Waals surface area contributed by atoms with Gasteiger partial charge in [-0.2, -0.15) is 0 Å². The fraction of sp³-hybridized carbons (Fsp3) is 0.400. The normalized spacial score (nSPS) is 7.94. The van der Waals surface area contributed by atoms with Crippen molar-refractivity contribution in [3.8, 4) is 0 Å². The van der Waals surface area contributed by atoms with Gasteiger partial charge in [-0.3, -0.25) is 19.2 Å². The summed E-state index contributed by atoms with van der Waals surface area (Å²) in [6, 6.07) is 0. The quantitative estimate of drug-likeness (QED) is 0.0687. The van der Waals surface area contributed by atoms with Gasteiger partial charge in [0, 0.05) is 0 Å². The fourth-order valence-corrected chi connectivity index (χ4v) is 0.740. The molecule has 0 radical (unpaired) electrons. The lowest BCUT2D eigenvalue weighted by Gasteiger charge is -2.04. The van der Waals surface area contributed by atoms with Gasteiger partial charge in [0.05, 0.1) is 26.4 Å². The van der Waals surface area contributed by atoms with Gasteiger partial charge in [-0.1, -0.05) is 26.3 Å². The highest BCUT2D eigenvalue weighted by atomic mass is 16.5. The molecule has 15 nitrogen and oxygen atoms in total. The zero-order chi connectivity index (χ0) is 28.3. The number of hydrogen-bond acceptors (Lipinski definition) is 11. The highest BCUT2D eigenvalue weighted by Crippen LogP contribution is 1.71. The van der Waals surface area contributed by atoms with Crippen molar-refractivity contribution in [1.82, 2.24) is 21.3 Å². The van der Waals surface area contributed by atoms with E-state index in [4.69, 9.17) is 35.4 Å². The number of hydrogen-bond donors (Lipinski definition) is 10. The minimum absolute atomic E-state index is 0.0300. The van der Waals surface area contributed by atoms with E-state index < -0.39 is 0 Å². The molecule has 0 bridgehead atoms. The molecular weight excluding hydrogens is 472 g/mol. The maximum absolute atomic E-state index is 10.6. The van der Waals surface area contributed by atoms with E-state index >= 15 is 0 Å². The van der Waals surface area contributed by atoms with E-state index in [0.29, 0.717) is 0 Å². The summed E-state index contributed by atoms with van der Waals surface area (Å²) in [5, 5.41) is 55.4. The van der Waals surface area contributed by atoms with Gasteiger partial charge in [0.15, 0.2) is 0 Å². The summed E-state index contributed by atoms with van der Waals surface area (Å²) in [4.78, 5) is 41.1. The molecule has 0 aromatic carbocycles. The van der Waals surface area contributed by atoms with Crippen LogP contribution in [-0.4, -0.2) is 108 Å². The SMILES string of the molecule is C=CC(=O)NCO.C=CC(=O)NCO.C=CC(=O)NCOCNC(=O)C=C.OCCO.OCCO. The molecule has 204 valence electrons. The molecule has 0 aromatic rings. The Morgan fingerprint density at radius 1 is 0.514 bits per heavy atom. The summed E-state index contributed by atoms with van der Waals surface area (Å²) in [6.07, 6.45) is 4.45. The number of amides is 4. The molecule has 0 saturated carbocycles. The second-order valence-electron chi connectivity index (χ2n) is 4.68. The van der Waals surface area contributed by atoms with Gasteiger partial charge in [0.2, 0.25) is 23.6 Å². The zero-order valence-electron chi connectivity index (χ0n) is 19.5. The highest BCUT2D eigenvalue weighted by molar-refractivity contribution is 5.87. The number of nitrogens with one attached hydrogen (secondary N) is 4. The molecular formula is C20H38N4O11. The molecule has 0 spiro atoms. The molecule has 0 atom stereocenters. The van der Waals surface area contributed by atoms with E-state index in [9.17, 15) is 19.2 Å². The molecule has 0 unspecified atom stereocenters. The van der Waals surface area contributed by atoms with Crippen LogP contribution in [-0.2, 0) is 23.9 Å². The molecule has 0 rings (SSSR count). The Labute approximate surface area is 204 Å². The van der Waals surface area contributed by atoms with Crippen LogP contribution in [0.4, 0.5) is 0 Å². The number of carbonyl (C=O) groups is 4. The van der Waals surface area contributed by atoms with Crippen LogP contribution in [0, 0.1) is 0 Å². The standard InChI is InChI=1S/C8H12N2O3.2C4H7NO2.2C2H6O2/c1-3-7(11)9-5-13-6-10-8(12)4-2;2*1-2-4(7)5-3-6;2*3-1-2-4/h3-4H,1-2,5-6H2,(H,9,11)(H,10,12);2*2,6H,1,3H2,(H,5,7);2*3-4H,1-2H2. The van der Waals surface area contributed by atoms with Gasteiger partial charge in [0.1, 0.15) is 26.9 Å². The Hall–Kier alpha value is -3.44. The summed E-state index contributed by atoms with van der Waals surface area (Å²) in [5.74, 6) is -1.37. The third-order valence-corrected chi connectivity index (χ3v) is 2.15. The Bertz CT molecular complexity index is 521. The number of carbonyl (C=O) groups excluding carboxylic acids is 4. The first-order chi connectivity index (χ1) is 16.6. The van der Waals surface area contributed by atoms with Crippen LogP contribution in [0.1, 0.15) is 0 Å². The van der Waals surface area contributed by atoms with E-state index in [-0.39, 0.29) is 77.0 Å². The fourth-order valence-electron chi connectivity index (χ4n) is 0.740. The maximum atomic E-state index is 10.6. The molecule has 0 aliphatic rings. The van der Waals surface area contributed by atoms with Gasteiger partial charge in [0.25, 0.3) is 0 Å². The lowest BCUT2D eigenvalue weighted by atomic mass is 10.6. The predicted molar refractivity (Wildman–Crippen MR) is 127 cm³/mol. The Balaban J connectivity index is -0.000000117. The van der Waals surface area contributed by atoms with Crippen molar-refractivity contribution in [2.75, 3.05) is 53.4 Å². The van der Waals surface area contributed by atoms with Crippen molar-refractivity contribution in [2.24, 2.45) is 0 Å². The Kier molecular flexibility index (Phi) is 48.8. The summed E-state index contributed by atoms with van der Waals surface area (Å²) in [6.45, 7) is 11.7. The van der Waals surface area contributed by atoms with Gasteiger partial charge in [-0.15, -0.1) is 0 Å². The minimum Gasteiger partial charge on any atom is -0.394 e. The summed E-state index contributed by atoms with van der Waals surface area (Å²) in [5.41, 5.74) is 0. The van der Waals surface area contributed by atoms with Crippen molar-refractivity contribution in [2.45, 2.75) is 0 Å². The third kappa shape index (κ3) is 59.0. The number of ether oxygens (including phenoxy) is 1. The van der Waals surface area contributed by atoms with Crippen LogP contribution in [0.2, 0.25) is 0 Å². The number of rotatable bonds is 12. The van der Waals surface area contributed by atoms with Crippen molar-refractivity contribution in [1.29, 1.82) is 0 Å². The van der Waals surface area contributed by atoms with Crippen LogP contribution in [0.3, 0.4) is 0 Å². The van der Waals surface area contributed by atoms with Crippen molar-refractivity contribution in [3.63, 3.8) is 0 Å². The first-order valence-corrected chi connectivity index (χ1v) is 9.49. The first-order valence-electron chi connectivity index (χ1n) is 9.49. The van der Waals surface area contributed by atoms with Crippen molar-refractivity contribution >= 4 is 23.6 Å². The molecule has 35 heavy (non-hydrogen) atoms. The Morgan fingerprint density at radius 2 is 0.743 bits per heavy atom. The number of aliphatic hydroxyl groups is 6. The predicted octanol–water partition coefficient (Wildman–Crippen LogP) is -4.06. The maximum Gasteiger partial charge on any atom is 0.245 e. The van der Waals surface area contributed by atoms with Crippen LogP contribution in [0.25, 0.3) is 0 Å². The van der Waals surface area contributed by atoms with Crippen LogP contribution < -0.4 is 21.3 Å². The largest absolute Gasteiger partial charge is 0.394 e. The van der Waals surface area contributed by atoms with E-state index in [1.807, 2.05) is 0 Å². The van der Waals surface area contributed by atoms with Gasteiger partial charge in [-0.25, -0.2) is 0 Å². The summed E-state index contributed by atoms with van der Waals surface area (Å²) < 4.78 is 4.82. The molecule has 0 aromatic heterocycles. The second-order valence-corrected chi connectivity index (χ2v) is 4.68. The van der Waals surface area contributed by atoms with Gasteiger partial charge < -0.3 is 56.6 Å². The molecule has 0 saturated heterocycles. The molecule has 0 heterocycles. The molecule has 15 heteroatoms. The van der Waals surface area contributed by atoms with E-state index in [1.54, 1.807) is 0 Å². The van der Waals surface area contributed by atoms with E-state index in [2.05, 4.69) is 47.6 Å². The summed E-state index contributed by atoms with van der Waals surface area (Å²) in [7, 11) is 0. The molecule has 0 fully saturated rings. The topological polar surface area (TPSA) is 247 Å². The minimum atomic E-state index is -0.359.